The Morgan fingerprint density at radius 2 is 2.15 bits per heavy atom. The lowest BCUT2D eigenvalue weighted by molar-refractivity contribution is 0.624. The number of nitrogens with one attached hydrogen (secondary N) is 2. The Labute approximate surface area is 84.8 Å². The summed E-state index contributed by atoms with van der Waals surface area (Å²) in [6.07, 6.45) is 0. The van der Waals surface area contributed by atoms with Gasteiger partial charge in [0, 0.05) is 18.3 Å². The summed E-state index contributed by atoms with van der Waals surface area (Å²) in [6, 6.07) is 3.31. The molecule has 13 heavy (non-hydrogen) atoms. The van der Waals surface area contributed by atoms with E-state index in [9.17, 15) is 4.39 Å². The summed E-state index contributed by atoms with van der Waals surface area (Å²) in [5.74, 6) is -0.355. The monoisotopic (exact) mass is 244 g/mol. The van der Waals surface area contributed by atoms with Gasteiger partial charge in [-0.1, -0.05) is 0 Å². The Bertz CT molecular complexity index is 350. The van der Waals surface area contributed by atoms with Crippen molar-refractivity contribution >= 4 is 27.3 Å². The zero-order valence-corrected chi connectivity index (χ0v) is 9.00. The van der Waals surface area contributed by atoms with E-state index >= 15 is 0 Å². The lowest BCUT2D eigenvalue weighted by Crippen LogP contribution is -2.03. The Hall–Kier alpha value is -0.900. The van der Waals surface area contributed by atoms with E-state index in [1.54, 1.807) is 26.1 Å². The largest absolute Gasteiger partial charge is 0.385 e. The van der Waals surface area contributed by atoms with Gasteiger partial charge in [-0.3, -0.25) is 0 Å². The quantitative estimate of drug-likeness (QED) is 0.772. The topological polar surface area (TPSA) is 35.9 Å². The van der Waals surface area contributed by atoms with Crippen LogP contribution >= 0.6 is 15.9 Å². The highest BCUT2D eigenvalue weighted by molar-refractivity contribution is 9.10. The van der Waals surface area contributed by atoms with Gasteiger partial charge in [-0.25, -0.2) is 4.39 Å². The fourth-order valence-corrected chi connectivity index (χ4v) is 1.44. The van der Waals surface area contributed by atoms with Crippen molar-refractivity contribution in [2.45, 2.75) is 6.92 Å². The summed E-state index contributed by atoms with van der Waals surface area (Å²) in [7, 11) is 1.64. The van der Waals surface area contributed by atoms with Gasteiger partial charge in [-0.05, 0) is 35.0 Å². The molecule has 0 radical (unpaired) electrons. The molecular formula is C9H10BrFN2. The standard InChI is InChI=1S/C9H10BrFN2/c1-5(12)6-3-4-7(10)8(11)9(6)13-2/h3-4,12-13H,1-2H3. The molecule has 0 saturated heterocycles. The van der Waals surface area contributed by atoms with Crippen LogP contribution in [0.1, 0.15) is 12.5 Å². The van der Waals surface area contributed by atoms with Crippen molar-refractivity contribution in [3.05, 3.63) is 28.0 Å². The highest BCUT2D eigenvalue weighted by Crippen LogP contribution is 2.26. The third kappa shape index (κ3) is 1.88. The van der Waals surface area contributed by atoms with Crippen molar-refractivity contribution in [2.24, 2.45) is 0 Å². The number of hydrogen-bond acceptors (Lipinski definition) is 2. The Kier molecular flexibility index (Phi) is 3.03. The Morgan fingerprint density at radius 3 is 2.62 bits per heavy atom. The molecule has 0 aliphatic rings. The van der Waals surface area contributed by atoms with Crippen LogP contribution in [0.2, 0.25) is 0 Å². The van der Waals surface area contributed by atoms with Crippen LogP contribution in [0.5, 0.6) is 0 Å². The van der Waals surface area contributed by atoms with E-state index in [-0.39, 0.29) is 5.82 Å². The van der Waals surface area contributed by atoms with Crippen LogP contribution in [0.15, 0.2) is 16.6 Å². The van der Waals surface area contributed by atoms with Gasteiger partial charge in [0.05, 0.1) is 10.2 Å². The molecule has 0 aromatic heterocycles. The number of anilines is 1. The second-order valence-corrected chi connectivity index (χ2v) is 3.51. The highest BCUT2D eigenvalue weighted by atomic mass is 79.9. The zero-order valence-electron chi connectivity index (χ0n) is 7.41. The van der Waals surface area contributed by atoms with Crippen molar-refractivity contribution in [3.63, 3.8) is 0 Å². The van der Waals surface area contributed by atoms with E-state index in [0.29, 0.717) is 21.4 Å². The van der Waals surface area contributed by atoms with Crippen molar-refractivity contribution in [3.8, 4) is 0 Å². The summed E-state index contributed by atoms with van der Waals surface area (Å²) >= 11 is 3.08. The molecule has 0 atom stereocenters. The van der Waals surface area contributed by atoms with Gasteiger partial charge in [-0.2, -0.15) is 0 Å². The molecule has 2 N–H and O–H groups in total. The fourth-order valence-electron chi connectivity index (χ4n) is 1.11. The van der Waals surface area contributed by atoms with E-state index < -0.39 is 0 Å². The van der Waals surface area contributed by atoms with Crippen molar-refractivity contribution in [1.82, 2.24) is 0 Å². The summed E-state index contributed by atoms with van der Waals surface area (Å²) in [5, 5.41) is 10.2. The minimum Gasteiger partial charge on any atom is -0.385 e. The first kappa shape index (κ1) is 10.2. The molecule has 0 spiro atoms. The van der Waals surface area contributed by atoms with Gasteiger partial charge < -0.3 is 10.7 Å². The number of benzene rings is 1. The predicted octanol–water partition coefficient (Wildman–Crippen LogP) is 3.02. The maximum atomic E-state index is 13.4. The average Bonchev–Trinajstić information content (AvgIpc) is 2.09. The van der Waals surface area contributed by atoms with Crippen LogP contribution in [-0.2, 0) is 0 Å². The molecule has 2 nitrogen and oxygen atoms in total. The van der Waals surface area contributed by atoms with Crippen LogP contribution in [0, 0.1) is 11.2 Å². The fraction of sp³-hybridized carbons (Fsp3) is 0.222. The number of halogens is 2. The molecule has 0 aliphatic heterocycles. The molecule has 0 fully saturated rings. The molecule has 0 aliphatic carbocycles. The van der Waals surface area contributed by atoms with E-state index in [0.717, 1.165) is 0 Å². The van der Waals surface area contributed by atoms with Crippen molar-refractivity contribution < 1.29 is 4.39 Å². The highest BCUT2D eigenvalue weighted by Gasteiger charge is 2.11. The molecule has 1 aromatic rings. The molecule has 0 bridgehead atoms. The maximum absolute atomic E-state index is 13.4. The lowest BCUT2D eigenvalue weighted by Gasteiger charge is -2.09. The molecular weight excluding hydrogens is 235 g/mol. The van der Waals surface area contributed by atoms with Gasteiger partial charge in [-0.15, -0.1) is 0 Å². The first-order valence-electron chi connectivity index (χ1n) is 3.79. The molecule has 1 aromatic carbocycles. The maximum Gasteiger partial charge on any atom is 0.161 e. The molecule has 4 heteroatoms. The molecule has 0 heterocycles. The third-order valence-electron chi connectivity index (χ3n) is 1.75. The minimum atomic E-state index is -0.355. The smallest absolute Gasteiger partial charge is 0.161 e. The number of rotatable bonds is 2. The summed E-state index contributed by atoms with van der Waals surface area (Å²) < 4.78 is 13.8. The van der Waals surface area contributed by atoms with E-state index in [4.69, 9.17) is 5.41 Å². The second kappa shape index (κ2) is 3.87. The van der Waals surface area contributed by atoms with E-state index in [1.807, 2.05) is 0 Å². The van der Waals surface area contributed by atoms with E-state index in [2.05, 4.69) is 21.2 Å². The van der Waals surface area contributed by atoms with Crippen molar-refractivity contribution in [2.75, 3.05) is 12.4 Å². The average molecular weight is 245 g/mol. The molecule has 70 valence electrons. The second-order valence-electron chi connectivity index (χ2n) is 2.66. The zero-order chi connectivity index (χ0) is 10.0. The summed E-state index contributed by atoms with van der Waals surface area (Å²) in [5.41, 5.74) is 1.29. The lowest BCUT2D eigenvalue weighted by atomic mass is 10.1. The van der Waals surface area contributed by atoms with Crippen LogP contribution < -0.4 is 5.32 Å². The summed E-state index contributed by atoms with van der Waals surface area (Å²) in [6.45, 7) is 1.63. The van der Waals surface area contributed by atoms with Gasteiger partial charge in [0.2, 0.25) is 0 Å². The molecule has 0 unspecified atom stereocenters. The first-order valence-corrected chi connectivity index (χ1v) is 4.58. The van der Waals surface area contributed by atoms with Crippen molar-refractivity contribution in [1.29, 1.82) is 5.41 Å². The number of hydrogen-bond donors (Lipinski definition) is 2. The van der Waals surface area contributed by atoms with Crippen LogP contribution in [0.4, 0.5) is 10.1 Å². The molecule has 1 rings (SSSR count). The van der Waals surface area contributed by atoms with Gasteiger partial charge in [0.15, 0.2) is 5.82 Å². The van der Waals surface area contributed by atoms with Crippen LogP contribution in [0.25, 0.3) is 0 Å². The first-order chi connectivity index (χ1) is 6.07. The third-order valence-corrected chi connectivity index (χ3v) is 2.36. The van der Waals surface area contributed by atoms with Gasteiger partial charge >= 0.3 is 0 Å². The normalized spacial score (nSPS) is 9.85. The van der Waals surface area contributed by atoms with E-state index in [1.165, 1.54) is 0 Å². The minimum absolute atomic E-state index is 0.343. The van der Waals surface area contributed by atoms with Gasteiger partial charge in [0.25, 0.3) is 0 Å². The van der Waals surface area contributed by atoms with Crippen LogP contribution in [0.3, 0.4) is 0 Å². The Morgan fingerprint density at radius 1 is 1.54 bits per heavy atom. The van der Waals surface area contributed by atoms with Crippen LogP contribution in [-0.4, -0.2) is 12.8 Å². The summed E-state index contributed by atoms with van der Waals surface area (Å²) in [4.78, 5) is 0. The Balaban J connectivity index is 3.38. The van der Waals surface area contributed by atoms with Gasteiger partial charge in [0.1, 0.15) is 0 Å². The predicted molar refractivity (Wildman–Crippen MR) is 56.1 cm³/mol. The molecule has 0 saturated carbocycles. The molecule has 0 amide bonds. The SMILES string of the molecule is CNc1c(C(C)=N)ccc(Br)c1F.